The summed E-state index contributed by atoms with van der Waals surface area (Å²) in [5.41, 5.74) is 0.153. The van der Waals surface area contributed by atoms with Gasteiger partial charge in [0, 0.05) is 31.7 Å². The lowest BCUT2D eigenvalue weighted by Crippen LogP contribution is -2.43. The molecule has 0 aromatic heterocycles. The van der Waals surface area contributed by atoms with E-state index in [1.807, 2.05) is 11.9 Å². The Balaban J connectivity index is 2.15. The monoisotopic (exact) mass is 241 g/mol. The second kappa shape index (κ2) is 6.36. The molecule has 1 saturated heterocycles. The lowest BCUT2D eigenvalue weighted by Gasteiger charge is -2.24. The van der Waals surface area contributed by atoms with Crippen LogP contribution in [0.2, 0.25) is 0 Å². The maximum Gasteiger partial charge on any atom is 0.236 e. The quantitative estimate of drug-likeness (QED) is 0.778. The van der Waals surface area contributed by atoms with E-state index >= 15 is 0 Å². The van der Waals surface area contributed by atoms with Crippen LogP contribution in [-0.4, -0.2) is 61.0 Å². The highest BCUT2D eigenvalue weighted by atomic mass is 16.2. The van der Waals surface area contributed by atoms with Crippen molar-refractivity contribution in [2.24, 2.45) is 0 Å². The topological polar surface area (TPSA) is 35.6 Å². The van der Waals surface area contributed by atoms with Crippen LogP contribution in [0.25, 0.3) is 0 Å². The number of likely N-dealkylation sites (N-methyl/N-ethyl adjacent to an activating group) is 1. The van der Waals surface area contributed by atoms with E-state index in [1.54, 1.807) is 0 Å². The smallest absolute Gasteiger partial charge is 0.236 e. The van der Waals surface area contributed by atoms with Gasteiger partial charge in [-0.05, 0) is 40.7 Å². The van der Waals surface area contributed by atoms with Gasteiger partial charge in [0.15, 0.2) is 0 Å². The molecule has 0 aromatic rings. The van der Waals surface area contributed by atoms with Gasteiger partial charge in [0.05, 0.1) is 6.54 Å². The number of nitrogens with one attached hydrogen (secondary N) is 1. The van der Waals surface area contributed by atoms with Crippen molar-refractivity contribution in [3.8, 4) is 0 Å². The van der Waals surface area contributed by atoms with Crippen LogP contribution < -0.4 is 5.32 Å². The van der Waals surface area contributed by atoms with E-state index in [-0.39, 0.29) is 11.4 Å². The van der Waals surface area contributed by atoms with Gasteiger partial charge < -0.3 is 10.2 Å². The Morgan fingerprint density at radius 1 is 1.29 bits per heavy atom. The predicted molar refractivity (Wildman–Crippen MR) is 71.1 cm³/mol. The molecule has 1 amide bonds. The second-order valence-electron chi connectivity index (χ2n) is 6.00. The van der Waals surface area contributed by atoms with Crippen LogP contribution in [0.5, 0.6) is 0 Å². The lowest BCUT2D eigenvalue weighted by atomic mass is 10.1. The first-order valence-electron chi connectivity index (χ1n) is 6.60. The number of hydrogen-bond acceptors (Lipinski definition) is 3. The van der Waals surface area contributed by atoms with Gasteiger partial charge in [0.25, 0.3) is 0 Å². The molecule has 0 radical (unpaired) electrons. The van der Waals surface area contributed by atoms with Gasteiger partial charge in [0.1, 0.15) is 0 Å². The van der Waals surface area contributed by atoms with Crippen LogP contribution >= 0.6 is 0 Å². The third-order valence-corrected chi connectivity index (χ3v) is 3.01. The molecule has 0 unspecified atom stereocenters. The first-order chi connectivity index (χ1) is 7.88. The first kappa shape index (κ1) is 14.5. The van der Waals surface area contributed by atoms with E-state index < -0.39 is 0 Å². The fraction of sp³-hybridized carbons (Fsp3) is 0.923. The molecule has 1 fully saturated rings. The number of carbonyl (C=O) groups excluding carboxylic acids is 1. The SMILES string of the molecule is CN(CCNC(C)(C)C)CC(=O)N1CCCC1. The Hall–Kier alpha value is -0.610. The van der Waals surface area contributed by atoms with Crippen LogP contribution in [0.4, 0.5) is 0 Å². The van der Waals surface area contributed by atoms with Crippen molar-refractivity contribution in [3.63, 3.8) is 0 Å². The summed E-state index contributed by atoms with van der Waals surface area (Å²) in [4.78, 5) is 16.0. The highest BCUT2D eigenvalue weighted by Gasteiger charge is 2.19. The molecule has 0 aliphatic carbocycles. The lowest BCUT2D eigenvalue weighted by molar-refractivity contribution is -0.131. The minimum atomic E-state index is 0.153. The molecule has 1 aliphatic rings. The van der Waals surface area contributed by atoms with E-state index in [0.29, 0.717) is 6.54 Å². The average molecular weight is 241 g/mol. The molecule has 1 rings (SSSR count). The number of amides is 1. The molecule has 0 bridgehead atoms. The van der Waals surface area contributed by atoms with Gasteiger partial charge >= 0.3 is 0 Å². The largest absolute Gasteiger partial charge is 0.342 e. The molecule has 0 spiro atoms. The number of carbonyl (C=O) groups is 1. The highest BCUT2D eigenvalue weighted by molar-refractivity contribution is 5.78. The predicted octanol–water partition coefficient (Wildman–Crippen LogP) is 0.929. The Kier molecular flexibility index (Phi) is 5.40. The Bertz CT molecular complexity index is 242. The van der Waals surface area contributed by atoms with Gasteiger partial charge in [-0.3, -0.25) is 9.69 Å². The van der Waals surface area contributed by atoms with Gasteiger partial charge in [-0.25, -0.2) is 0 Å². The molecule has 4 nitrogen and oxygen atoms in total. The van der Waals surface area contributed by atoms with E-state index in [0.717, 1.165) is 26.2 Å². The summed E-state index contributed by atoms with van der Waals surface area (Å²) in [6.45, 7) is 10.8. The van der Waals surface area contributed by atoms with E-state index in [4.69, 9.17) is 0 Å². The average Bonchev–Trinajstić information content (AvgIpc) is 2.67. The third-order valence-electron chi connectivity index (χ3n) is 3.01. The van der Waals surface area contributed by atoms with Crippen molar-refractivity contribution < 1.29 is 4.79 Å². The van der Waals surface area contributed by atoms with Gasteiger partial charge in [-0.15, -0.1) is 0 Å². The number of hydrogen-bond donors (Lipinski definition) is 1. The Labute approximate surface area is 105 Å². The fourth-order valence-electron chi connectivity index (χ4n) is 2.00. The van der Waals surface area contributed by atoms with Crippen LogP contribution in [0, 0.1) is 0 Å². The summed E-state index contributed by atoms with van der Waals surface area (Å²) in [5, 5.41) is 3.43. The van der Waals surface area contributed by atoms with E-state index in [2.05, 4.69) is 31.0 Å². The molecule has 17 heavy (non-hydrogen) atoms. The molecule has 0 aromatic carbocycles. The minimum absolute atomic E-state index is 0.153. The van der Waals surface area contributed by atoms with Crippen LogP contribution in [-0.2, 0) is 4.79 Å². The van der Waals surface area contributed by atoms with E-state index in [1.165, 1.54) is 12.8 Å². The zero-order valence-corrected chi connectivity index (χ0v) is 11.8. The highest BCUT2D eigenvalue weighted by Crippen LogP contribution is 2.07. The van der Waals surface area contributed by atoms with Crippen LogP contribution in [0.3, 0.4) is 0 Å². The first-order valence-corrected chi connectivity index (χ1v) is 6.60. The summed E-state index contributed by atoms with van der Waals surface area (Å²) >= 11 is 0. The maximum absolute atomic E-state index is 11.9. The fourth-order valence-corrected chi connectivity index (χ4v) is 2.00. The maximum atomic E-state index is 11.9. The van der Waals surface area contributed by atoms with Crippen molar-refractivity contribution in [2.45, 2.75) is 39.2 Å². The molecule has 0 saturated carbocycles. The molecule has 0 atom stereocenters. The van der Waals surface area contributed by atoms with Crippen LogP contribution in [0.15, 0.2) is 0 Å². The third kappa shape index (κ3) is 6.03. The molecule has 1 aliphatic heterocycles. The number of nitrogens with zero attached hydrogens (tertiary/aromatic N) is 2. The molecule has 100 valence electrons. The molecule has 1 heterocycles. The normalized spacial score (nSPS) is 16.9. The Morgan fingerprint density at radius 2 is 1.88 bits per heavy atom. The summed E-state index contributed by atoms with van der Waals surface area (Å²) in [7, 11) is 2.01. The minimum Gasteiger partial charge on any atom is -0.342 e. The number of likely N-dealkylation sites (tertiary alicyclic amines) is 1. The molecule has 4 heteroatoms. The van der Waals surface area contributed by atoms with Crippen molar-refractivity contribution >= 4 is 5.91 Å². The van der Waals surface area contributed by atoms with Crippen molar-refractivity contribution in [2.75, 3.05) is 39.8 Å². The number of rotatable bonds is 5. The molecular weight excluding hydrogens is 214 g/mol. The van der Waals surface area contributed by atoms with Crippen molar-refractivity contribution in [1.29, 1.82) is 0 Å². The van der Waals surface area contributed by atoms with Crippen molar-refractivity contribution in [3.05, 3.63) is 0 Å². The summed E-state index contributed by atoms with van der Waals surface area (Å²) < 4.78 is 0. The van der Waals surface area contributed by atoms with Crippen molar-refractivity contribution in [1.82, 2.24) is 15.1 Å². The van der Waals surface area contributed by atoms with Gasteiger partial charge in [-0.2, -0.15) is 0 Å². The zero-order valence-electron chi connectivity index (χ0n) is 11.8. The molecular formula is C13H27N3O. The zero-order chi connectivity index (χ0) is 12.9. The van der Waals surface area contributed by atoms with Gasteiger partial charge in [-0.1, -0.05) is 0 Å². The second-order valence-corrected chi connectivity index (χ2v) is 6.00. The molecule has 1 N–H and O–H groups in total. The summed E-state index contributed by atoms with van der Waals surface area (Å²) in [5.74, 6) is 0.278. The van der Waals surface area contributed by atoms with Gasteiger partial charge in [0.2, 0.25) is 5.91 Å². The van der Waals surface area contributed by atoms with E-state index in [9.17, 15) is 4.79 Å². The standard InChI is InChI=1S/C13H27N3O/c1-13(2,3)14-7-10-15(4)11-12(17)16-8-5-6-9-16/h14H,5-11H2,1-4H3. The van der Waals surface area contributed by atoms with Crippen LogP contribution in [0.1, 0.15) is 33.6 Å². The summed E-state index contributed by atoms with van der Waals surface area (Å²) in [6.07, 6.45) is 2.34. The Morgan fingerprint density at radius 3 is 2.41 bits per heavy atom. The summed E-state index contributed by atoms with van der Waals surface area (Å²) in [6, 6.07) is 0.